The number of carboxylic acids is 1. The van der Waals surface area contributed by atoms with Gasteiger partial charge in [0.1, 0.15) is 11.4 Å². The van der Waals surface area contributed by atoms with Gasteiger partial charge in [-0.1, -0.05) is 67.1 Å². The van der Waals surface area contributed by atoms with Crippen LogP contribution in [-0.4, -0.2) is 39.7 Å². The van der Waals surface area contributed by atoms with Gasteiger partial charge in [-0.05, 0) is 38.5 Å². The molecule has 0 rings (SSSR count). The van der Waals surface area contributed by atoms with E-state index < -0.39 is 18.2 Å². The molecular formula is C20H35BrO5. The van der Waals surface area contributed by atoms with Crippen LogP contribution in [0.4, 0.5) is 0 Å². The van der Waals surface area contributed by atoms with Crippen LogP contribution in [0.3, 0.4) is 0 Å². The van der Waals surface area contributed by atoms with Crippen molar-refractivity contribution in [2.45, 2.75) is 96.2 Å². The number of hydrogen-bond acceptors (Lipinski definition) is 4. The van der Waals surface area contributed by atoms with Crippen LogP contribution in [0.15, 0.2) is 12.2 Å². The number of ether oxygens (including phenoxy) is 1. The number of alkyl halides is 1. The highest BCUT2D eigenvalue weighted by Crippen LogP contribution is 2.15. The van der Waals surface area contributed by atoms with Crippen molar-refractivity contribution in [3.05, 3.63) is 12.2 Å². The summed E-state index contributed by atoms with van der Waals surface area (Å²) in [4.78, 5) is 21.9. The van der Waals surface area contributed by atoms with Crippen molar-refractivity contribution in [1.82, 2.24) is 0 Å². The minimum Gasteiger partial charge on any atom is -0.481 e. The summed E-state index contributed by atoms with van der Waals surface area (Å²) >= 11 is 3.09. The van der Waals surface area contributed by atoms with Crippen molar-refractivity contribution in [3.8, 4) is 0 Å². The van der Waals surface area contributed by atoms with Gasteiger partial charge in [0.15, 0.2) is 0 Å². The van der Waals surface area contributed by atoms with Crippen molar-refractivity contribution in [2.75, 3.05) is 5.33 Å². The highest BCUT2D eigenvalue weighted by Gasteiger charge is 2.21. The Bertz CT molecular complexity index is 398. The lowest BCUT2D eigenvalue weighted by atomic mass is 10.0. The molecule has 5 nitrogen and oxygen atoms in total. The fraction of sp³-hybridized carbons (Fsp3) is 0.800. The normalized spacial score (nSPS) is 13.7. The zero-order valence-electron chi connectivity index (χ0n) is 16.0. The van der Waals surface area contributed by atoms with E-state index in [-0.39, 0.29) is 17.7 Å². The average Bonchev–Trinajstić information content (AvgIpc) is 2.61. The van der Waals surface area contributed by atoms with Crippen LogP contribution >= 0.6 is 15.9 Å². The summed E-state index contributed by atoms with van der Waals surface area (Å²) in [6.45, 7) is 2.12. The van der Waals surface area contributed by atoms with Crippen LogP contribution < -0.4 is 0 Å². The van der Waals surface area contributed by atoms with Gasteiger partial charge in [0.2, 0.25) is 0 Å². The molecule has 0 aliphatic carbocycles. The quantitative estimate of drug-likeness (QED) is 0.145. The molecule has 0 aromatic carbocycles. The summed E-state index contributed by atoms with van der Waals surface area (Å²) < 4.78 is 5.35. The first-order valence-corrected chi connectivity index (χ1v) is 10.9. The molecule has 0 saturated heterocycles. The molecule has 0 radical (unpaired) electrons. The summed E-state index contributed by atoms with van der Waals surface area (Å²) in [6.07, 6.45) is 13.4. The van der Waals surface area contributed by atoms with Crippen molar-refractivity contribution < 1.29 is 24.5 Å². The lowest BCUT2D eigenvalue weighted by molar-refractivity contribution is -0.152. The van der Waals surface area contributed by atoms with Crippen molar-refractivity contribution in [1.29, 1.82) is 0 Å². The largest absolute Gasteiger partial charge is 0.481 e. The molecule has 152 valence electrons. The molecule has 2 atom stereocenters. The predicted octanol–water partition coefficient (Wildman–Crippen LogP) is 5.00. The molecule has 0 spiro atoms. The lowest BCUT2D eigenvalue weighted by Crippen LogP contribution is -2.31. The van der Waals surface area contributed by atoms with Gasteiger partial charge < -0.3 is 14.9 Å². The fourth-order valence-electron chi connectivity index (χ4n) is 2.70. The fourth-order valence-corrected chi connectivity index (χ4v) is 2.83. The summed E-state index contributed by atoms with van der Waals surface area (Å²) in [5.41, 5.74) is 0. The van der Waals surface area contributed by atoms with Gasteiger partial charge >= 0.3 is 11.9 Å². The number of carbonyl (C=O) groups excluding carboxylic acids is 1. The highest BCUT2D eigenvalue weighted by atomic mass is 79.9. The van der Waals surface area contributed by atoms with Crippen LogP contribution in [0.25, 0.3) is 0 Å². The number of carbonyl (C=O) groups is 2. The number of aliphatic carboxylic acids is 1. The first-order valence-electron chi connectivity index (χ1n) is 9.81. The summed E-state index contributed by atoms with van der Waals surface area (Å²) in [5.74, 6) is -1.06. The van der Waals surface area contributed by atoms with Crippen LogP contribution in [0, 0.1) is 0 Å². The number of esters is 1. The van der Waals surface area contributed by atoms with Crippen molar-refractivity contribution >= 4 is 27.9 Å². The van der Waals surface area contributed by atoms with Gasteiger partial charge in [-0.2, -0.15) is 0 Å². The molecule has 2 unspecified atom stereocenters. The maximum Gasteiger partial charge on any atom is 0.316 e. The molecule has 0 saturated carbocycles. The second-order valence-electron chi connectivity index (χ2n) is 6.63. The van der Waals surface area contributed by atoms with Gasteiger partial charge in [0.25, 0.3) is 0 Å². The maximum atomic E-state index is 11.5. The minimum atomic E-state index is -0.721. The van der Waals surface area contributed by atoms with E-state index >= 15 is 0 Å². The third-order valence-corrected chi connectivity index (χ3v) is 4.68. The smallest absolute Gasteiger partial charge is 0.316 e. The van der Waals surface area contributed by atoms with E-state index in [0.717, 1.165) is 57.8 Å². The highest BCUT2D eigenvalue weighted by molar-refractivity contribution is 9.09. The second kappa shape index (κ2) is 17.5. The van der Waals surface area contributed by atoms with Crippen LogP contribution in [-0.2, 0) is 14.3 Å². The SMILES string of the molecule is CCCCCC(OC(=O)CBr)C(O)C/C=C\CCCCCCCC(=O)O. The molecule has 0 bridgehead atoms. The van der Waals surface area contributed by atoms with Crippen LogP contribution in [0.2, 0.25) is 0 Å². The predicted molar refractivity (Wildman–Crippen MR) is 108 cm³/mol. The average molecular weight is 435 g/mol. The minimum absolute atomic E-state index is 0.145. The zero-order chi connectivity index (χ0) is 19.6. The van der Waals surface area contributed by atoms with E-state index in [2.05, 4.69) is 28.9 Å². The van der Waals surface area contributed by atoms with Gasteiger partial charge in [-0.25, -0.2) is 0 Å². The number of aliphatic hydroxyl groups excluding tert-OH is 1. The number of allylic oxidation sites excluding steroid dienone is 1. The summed E-state index contributed by atoms with van der Waals surface area (Å²) in [6, 6.07) is 0. The number of aliphatic hydroxyl groups is 1. The zero-order valence-corrected chi connectivity index (χ0v) is 17.6. The molecule has 0 aliphatic rings. The molecule has 0 aromatic heterocycles. The van der Waals surface area contributed by atoms with E-state index in [4.69, 9.17) is 9.84 Å². The van der Waals surface area contributed by atoms with Crippen LogP contribution in [0.1, 0.15) is 84.0 Å². The molecule has 2 N–H and O–H groups in total. The Morgan fingerprint density at radius 2 is 1.73 bits per heavy atom. The number of carboxylic acid groups (broad SMARTS) is 1. The topological polar surface area (TPSA) is 83.8 Å². The van der Waals surface area contributed by atoms with Crippen LogP contribution in [0.5, 0.6) is 0 Å². The molecule has 26 heavy (non-hydrogen) atoms. The lowest BCUT2D eigenvalue weighted by Gasteiger charge is -2.22. The van der Waals surface area contributed by atoms with Gasteiger partial charge in [-0.15, -0.1) is 0 Å². The van der Waals surface area contributed by atoms with E-state index in [1.165, 1.54) is 0 Å². The van der Waals surface area contributed by atoms with Gasteiger partial charge in [0.05, 0.1) is 6.10 Å². The molecule has 0 heterocycles. The maximum absolute atomic E-state index is 11.5. The van der Waals surface area contributed by atoms with E-state index in [1.54, 1.807) is 0 Å². The van der Waals surface area contributed by atoms with Crippen molar-refractivity contribution in [2.24, 2.45) is 0 Å². The Hall–Kier alpha value is -0.880. The molecule has 6 heteroatoms. The molecule has 0 aliphatic heterocycles. The Labute approximate surface area is 166 Å². The van der Waals surface area contributed by atoms with E-state index in [1.807, 2.05) is 6.08 Å². The summed E-state index contributed by atoms with van der Waals surface area (Å²) in [7, 11) is 0. The Balaban J connectivity index is 3.93. The van der Waals surface area contributed by atoms with E-state index in [9.17, 15) is 14.7 Å². The molecule has 0 amide bonds. The third kappa shape index (κ3) is 15.4. The number of rotatable bonds is 17. The summed E-state index contributed by atoms with van der Waals surface area (Å²) in [5, 5.41) is 19.0. The Morgan fingerprint density at radius 3 is 2.38 bits per heavy atom. The number of halogens is 1. The first kappa shape index (κ1) is 25.1. The number of unbranched alkanes of at least 4 members (excludes halogenated alkanes) is 7. The second-order valence-corrected chi connectivity index (χ2v) is 7.19. The Morgan fingerprint density at radius 1 is 1.04 bits per heavy atom. The molecule has 0 fully saturated rings. The third-order valence-electron chi connectivity index (χ3n) is 4.22. The van der Waals surface area contributed by atoms with E-state index in [0.29, 0.717) is 12.8 Å². The Kier molecular flexibility index (Phi) is 16.9. The monoisotopic (exact) mass is 434 g/mol. The van der Waals surface area contributed by atoms with Crippen molar-refractivity contribution in [3.63, 3.8) is 0 Å². The molecular weight excluding hydrogens is 400 g/mol. The number of hydrogen-bond donors (Lipinski definition) is 2. The van der Waals surface area contributed by atoms with Gasteiger partial charge in [-0.3, -0.25) is 9.59 Å². The standard InChI is InChI=1S/C20H35BrO5/c1-2-3-10-14-18(26-20(25)16-21)17(22)13-11-8-6-4-5-7-9-12-15-19(23)24/h8,11,17-18,22H,2-7,9-10,12-16H2,1H3,(H,23,24)/b11-8-. The van der Waals surface area contributed by atoms with Gasteiger partial charge in [0, 0.05) is 6.42 Å². The molecule has 0 aromatic rings. The first-order chi connectivity index (χ1) is 12.5.